The monoisotopic (exact) mass is 226 g/mol. The van der Waals surface area contributed by atoms with Gasteiger partial charge in [0.2, 0.25) is 0 Å². The van der Waals surface area contributed by atoms with Crippen molar-refractivity contribution in [2.75, 3.05) is 25.0 Å². The second-order valence-corrected chi connectivity index (χ2v) is 4.11. The fourth-order valence-electron chi connectivity index (χ4n) is 2.17. The van der Waals surface area contributed by atoms with Gasteiger partial charge in [-0.2, -0.15) is 0 Å². The largest absolute Gasteiger partial charge is 0.369 e. The van der Waals surface area contributed by atoms with Gasteiger partial charge in [-0.1, -0.05) is 12.1 Å². The molecule has 2 rings (SSSR count). The summed E-state index contributed by atoms with van der Waals surface area (Å²) in [5.74, 6) is 0. The molecule has 0 spiro atoms. The topological polar surface area (TPSA) is 15.3 Å². The van der Waals surface area contributed by atoms with E-state index in [1.165, 1.54) is 11.1 Å². The Labute approximate surface area is 94.3 Å². The Morgan fingerprint density at radius 2 is 2.25 bits per heavy atom. The first kappa shape index (κ1) is 11.3. The van der Waals surface area contributed by atoms with Gasteiger partial charge in [-0.05, 0) is 30.2 Å². The molecule has 0 bridgehead atoms. The van der Waals surface area contributed by atoms with Gasteiger partial charge < -0.3 is 10.2 Å². The lowest BCUT2D eigenvalue weighted by molar-refractivity contribution is 0.156. The van der Waals surface area contributed by atoms with Crippen molar-refractivity contribution in [1.82, 2.24) is 5.32 Å². The molecule has 1 aromatic carbocycles. The van der Waals surface area contributed by atoms with Gasteiger partial charge >= 0.3 is 0 Å². The third-order valence-corrected chi connectivity index (χ3v) is 2.94. The Hall–Kier alpha value is -1.16. The molecule has 0 saturated carbocycles. The molecule has 1 aliphatic rings. The van der Waals surface area contributed by atoms with Gasteiger partial charge in [-0.25, -0.2) is 8.78 Å². The van der Waals surface area contributed by atoms with E-state index in [0.29, 0.717) is 0 Å². The van der Waals surface area contributed by atoms with E-state index in [2.05, 4.69) is 11.4 Å². The number of halogens is 2. The Morgan fingerprint density at radius 3 is 3.00 bits per heavy atom. The summed E-state index contributed by atoms with van der Waals surface area (Å²) in [5.41, 5.74) is 3.38. The molecule has 1 aliphatic heterocycles. The Morgan fingerprint density at radius 1 is 1.44 bits per heavy atom. The summed E-state index contributed by atoms with van der Waals surface area (Å²) in [6, 6.07) is 5.91. The first-order chi connectivity index (χ1) is 7.68. The molecule has 0 atom stereocenters. The minimum Gasteiger partial charge on any atom is -0.369 e. The Kier molecular flexibility index (Phi) is 3.39. The highest BCUT2D eigenvalue weighted by molar-refractivity contribution is 5.57. The van der Waals surface area contributed by atoms with E-state index in [0.717, 1.165) is 25.2 Å². The van der Waals surface area contributed by atoms with Crippen LogP contribution >= 0.6 is 0 Å². The van der Waals surface area contributed by atoms with Crippen LogP contribution in [0.15, 0.2) is 18.2 Å². The van der Waals surface area contributed by atoms with Crippen molar-refractivity contribution in [2.45, 2.75) is 19.4 Å². The molecule has 0 amide bonds. The predicted octanol–water partition coefficient (Wildman–Crippen LogP) is 2.03. The summed E-state index contributed by atoms with van der Waals surface area (Å²) in [4.78, 5) is 1.65. The number of nitrogens with zero attached hydrogens (tertiary/aromatic N) is 1. The number of nitrogens with one attached hydrogen (secondary N) is 1. The average molecular weight is 226 g/mol. The van der Waals surface area contributed by atoms with Crippen LogP contribution in [-0.2, 0) is 13.0 Å². The van der Waals surface area contributed by atoms with Crippen molar-refractivity contribution < 1.29 is 8.78 Å². The second kappa shape index (κ2) is 4.78. The van der Waals surface area contributed by atoms with Crippen LogP contribution in [0.2, 0.25) is 0 Å². The van der Waals surface area contributed by atoms with Crippen molar-refractivity contribution in [1.29, 1.82) is 0 Å². The SMILES string of the molecule is CN(CC(F)F)c1cccc2c1CCNC2. The van der Waals surface area contributed by atoms with Crippen LogP contribution in [0.3, 0.4) is 0 Å². The molecule has 0 radical (unpaired) electrons. The number of rotatable bonds is 3. The number of fused-ring (bicyclic) bond motifs is 1. The first-order valence-electron chi connectivity index (χ1n) is 5.49. The molecule has 2 nitrogen and oxygen atoms in total. The van der Waals surface area contributed by atoms with Gasteiger partial charge in [-0.15, -0.1) is 0 Å². The molecule has 0 aromatic heterocycles. The molecular weight excluding hydrogens is 210 g/mol. The predicted molar refractivity (Wildman–Crippen MR) is 61.1 cm³/mol. The molecule has 1 aromatic rings. The van der Waals surface area contributed by atoms with E-state index in [-0.39, 0.29) is 6.54 Å². The maximum absolute atomic E-state index is 12.3. The van der Waals surface area contributed by atoms with E-state index in [9.17, 15) is 8.78 Å². The Bertz CT molecular complexity index is 366. The molecule has 0 saturated heterocycles. The molecule has 1 N–H and O–H groups in total. The van der Waals surface area contributed by atoms with Crippen molar-refractivity contribution in [2.24, 2.45) is 0 Å². The molecule has 1 heterocycles. The lowest BCUT2D eigenvalue weighted by atomic mass is 9.98. The maximum atomic E-state index is 12.3. The zero-order chi connectivity index (χ0) is 11.5. The minimum absolute atomic E-state index is 0.204. The fourth-order valence-corrected chi connectivity index (χ4v) is 2.17. The molecule has 16 heavy (non-hydrogen) atoms. The highest BCUT2D eigenvalue weighted by atomic mass is 19.3. The third kappa shape index (κ3) is 2.32. The van der Waals surface area contributed by atoms with E-state index in [1.807, 2.05) is 12.1 Å². The summed E-state index contributed by atoms with van der Waals surface area (Å²) >= 11 is 0. The number of anilines is 1. The number of benzene rings is 1. The molecule has 0 fully saturated rings. The van der Waals surface area contributed by atoms with Crippen molar-refractivity contribution in [3.63, 3.8) is 0 Å². The Balaban J connectivity index is 2.26. The van der Waals surface area contributed by atoms with Gasteiger partial charge in [0.25, 0.3) is 6.43 Å². The van der Waals surface area contributed by atoms with Crippen LogP contribution in [-0.4, -0.2) is 26.6 Å². The lowest BCUT2D eigenvalue weighted by Crippen LogP contribution is -2.29. The zero-order valence-corrected chi connectivity index (χ0v) is 9.34. The summed E-state index contributed by atoms with van der Waals surface area (Å²) < 4.78 is 24.7. The van der Waals surface area contributed by atoms with Crippen LogP contribution in [0.25, 0.3) is 0 Å². The summed E-state index contributed by atoms with van der Waals surface area (Å²) in [5, 5.41) is 3.28. The molecule has 4 heteroatoms. The van der Waals surface area contributed by atoms with E-state index >= 15 is 0 Å². The second-order valence-electron chi connectivity index (χ2n) is 4.11. The molecule has 88 valence electrons. The maximum Gasteiger partial charge on any atom is 0.255 e. The highest BCUT2D eigenvalue weighted by Gasteiger charge is 2.16. The molecule has 0 aliphatic carbocycles. The number of hydrogen-bond donors (Lipinski definition) is 1. The van der Waals surface area contributed by atoms with E-state index in [4.69, 9.17) is 0 Å². The van der Waals surface area contributed by atoms with Crippen molar-refractivity contribution in [3.8, 4) is 0 Å². The van der Waals surface area contributed by atoms with E-state index in [1.54, 1.807) is 11.9 Å². The fraction of sp³-hybridized carbons (Fsp3) is 0.500. The highest BCUT2D eigenvalue weighted by Crippen LogP contribution is 2.26. The summed E-state index contributed by atoms with van der Waals surface area (Å²) in [6.45, 7) is 1.56. The normalized spacial score (nSPS) is 15.0. The van der Waals surface area contributed by atoms with Crippen molar-refractivity contribution >= 4 is 5.69 Å². The van der Waals surface area contributed by atoms with Crippen molar-refractivity contribution in [3.05, 3.63) is 29.3 Å². The number of alkyl halides is 2. The molecular formula is C12H16F2N2. The van der Waals surface area contributed by atoms with Crippen LogP contribution in [0.5, 0.6) is 0 Å². The first-order valence-corrected chi connectivity index (χ1v) is 5.49. The summed E-state index contributed by atoms with van der Waals surface area (Å²) in [6.07, 6.45) is -1.37. The van der Waals surface area contributed by atoms with Crippen LogP contribution in [0.4, 0.5) is 14.5 Å². The number of hydrogen-bond acceptors (Lipinski definition) is 2. The zero-order valence-electron chi connectivity index (χ0n) is 9.34. The van der Waals surface area contributed by atoms with Gasteiger partial charge in [-0.3, -0.25) is 0 Å². The quantitative estimate of drug-likeness (QED) is 0.848. The van der Waals surface area contributed by atoms with E-state index < -0.39 is 6.43 Å². The van der Waals surface area contributed by atoms with Crippen LogP contribution in [0, 0.1) is 0 Å². The standard InChI is InChI=1S/C12H16F2N2/c1-16(8-12(13)14)11-4-2-3-9-7-15-6-5-10(9)11/h2-4,12,15H,5-8H2,1H3. The smallest absolute Gasteiger partial charge is 0.255 e. The third-order valence-electron chi connectivity index (χ3n) is 2.94. The van der Waals surface area contributed by atoms with Gasteiger partial charge in [0.1, 0.15) is 0 Å². The molecule has 0 unspecified atom stereocenters. The minimum atomic E-state index is -2.29. The average Bonchev–Trinajstić information content (AvgIpc) is 2.27. The van der Waals surface area contributed by atoms with Gasteiger partial charge in [0.05, 0.1) is 6.54 Å². The van der Waals surface area contributed by atoms with Crippen LogP contribution < -0.4 is 10.2 Å². The van der Waals surface area contributed by atoms with Crippen LogP contribution in [0.1, 0.15) is 11.1 Å². The van der Waals surface area contributed by atoms with Gasteiger partial charge in [0, 0.05) is 19.3 Å². The summed E-state index contributed by atoms with van der Waals surface area (Å²) in [7, 11) is 1.73. The lowest BCUT2D eigenvalue weighted by Gasteiger charge is -2.26. The van der Waals surface area contributed by atoms with Gasteiger partial charge in [0.15, 0.2) is 0 Å².